The molecule has 1 fully saturated rings. The number of nitriles is 1. The van der Waals surface area contributed by atoms with Crippen molar-refractivity contribution >= 4 is 40.3 Å². The van der Waals surface area contributed by atoms with Crippen LogP contribution in [0.5, 0.6) is 0 Å². The quantitative estimate of drug-likeness (QED) is 0.288. The molecular weight excluding hydrogens is 532 g/mol. The van der Waals surface area contributed by atoms with Crippen LogP contribution in [0.4, 0.5) is 8.78 Å². The van der Waals surface area contributed by atoms with Crippen LogP contribution in [0.2, 0.25) is 0 Å². The number of allylic oxidation sites excluding steroid dienone is 5. The summed E-state index contributed by atoms with van der Waals surface area (Å²) < 4.78 is 29.1. The summed E-state index contributed by atoms with van der Waals surface area (Å²) in [5.41, 5.74) is 0.470. The summed E-state index contributed by atoms with van der Waals surface area (Å²) in [6, 6.07) is 17.4. The van der Waals surface area contributed by atoms with Gasteiger partial charge in [-0.15, -0.1) is 0 Å². The topological polar surface area (TPSA) is 74.1 Å². The Morgan fingerprint density at radius 2 is 1.95 bits per heavy atom. The number of ketones is 1. The fraction of sp³-hybridized carbons (Fsp3) is 0.250. The zero-order chi connectivity index (χ0) is 28.3. The van der Waals surface area contributed by atoms with Crippen LogP contribution in [0.1, 0.15) is 47.2 Å². The lowest BCUT2D eigenvalue weighted by atomic mass is 9.87. The molecule has 1 aliphatic carbocycles. The Morgan fingerprint density at radius 1 is 1.15 bits per heavy atom. The number of carbonyl (C=O) groups is 2. The largest absolute Gasteiger partial charge is 0.314 e. The summed E-state index contributed by atoms with van der Waals surface area (Å²) in [5.74, 6) is -3.96. The molecule has 40 heavy (non-hydrogen) atoms. The second-order valence-corrected chi connectivity index (χ2v) is 10.6. The van der Waals surface area contributed by atoms with Crippen LogP contribution in [-0.4, -0.2) is 34.0 Å². The van der Waals surface area contributed by atoms with Crippen molar-refractivity contribution in [1.82, 2.24) is 9.88 Å². The molecule has 0 saturated carbocycles. The van der Waals surface area contributed by atoms with E-state index in [0.717, 1.165) is 21.9 Å². The number of hydrogen-bond acceptors (Lipinski definition) is 4. The number of fused-ring (bicyclic) bond motifs is 1. The lowest BCUT2D eigenvalue weighted by Crippen LogP contribution is -2.44. The van der Waals surface area contributed by atoms with Gasteiger partial charge in [0.05, 0.1) is 24.6 Å². The summed E-state index contributed by atoms with van der Waals surface area (Å²) in [4.78, 5) is 31.8. The van der Waals surface area contributed by atoms with Gasteiger partial charge in [-0.2, -0.15) is 5.26 Å². The molecule has 3 aromatic rings. The van der Waals surface area contributed by atoms with Gasteiger partial charge in [-0.05, 0) is 47.7 Å². The third kappa shape index (κ3) is 5.59. The molecule has 0 N–H and O–H groups in total. The SMILES string of the molecule is N#C[C@]1(c2ccccc2)CC(F)(F)CN1C(=O)CCC(=O)c1ccnc2ccc(/C=C/C3C=CC(Cl)=CC3)cc12. The number of halogens is 3. The Bertz CT molecular complexity index is 1590. The van der Waals surface area contributed by atoms with Crippen molar-refractivity contribution in [1.29, 1.82) is 5.26 Å². The van der Waals surface area contributed by atoms with Crippen LogP contribution >= 0.6 is 11.6 Å². The third-order valence-corrected chi connectivity index (χ3v) is 7.64. The maximum absolute atomic E-state index is 14.6. The minimum absolute atomic E-state index is 0.184. The van der Waals surface area contributed by atoms with Gasteiger partial charge in [-0.3, -0.25) is 14.6 Å². The van der Waals surface area contributed by atoms with Crippen LogP contribution < -0.4 is 0 Å². The molecule has 5 rings (SSSR count). The Hall–Kier alpha value is -4.15. The third-order valence-electron chi connectivity index (χ3n) is 7.36. The van der Waals surface area contributed by atoms with Crippen LogP contribution in [0.3, 0.4) is 0 Å². The first-order valence-corrected chi connectivity index (χ1v) is 13.4. The van der Waals surface area contributed by atoms with Crippen molar-refractivity contribution in [2.45, 2.75) is 37.1 Å². The highest BCUT2D eigenvalue weighted by Crippen LogP contribution is 2.46. The van der Waals surface area contributed by atoms with Crippen molar-refractivity contribution in [3.8, 4) is 6.07 Å². The highest BCUT2D eigenvalue weighted by atomic mass is 35.5. The molecule has 1 amide bonds. The fourth-order valence-corrected chi connectivity index (χ4v) is 5.48. The molecule has 1 saturated heterocycles. The summed E-state index contributed by atoms with van der Waals surface area (Å²) in [5, 5.41) is 11.4. The normalized spacial score (nSPS) is 21.9. The van der Waals surface area contributed by atoms with Gasteiger partial charge in [0, 0.05) is 35.0 Å². The molecule has 0 radical (unpaired) electrons. The first-order valence-electron chi connectivity index (χ1n) is 13.0. The van der Waals surface area contributed by atoms with E-state index in [9.17, 15) is 23.6 Å². The molecular formula is C32H26ClF2N3O2. The number of pyridine rings is 1. The van der Waals surface area contributed by atoms with Gasteiger partial charge in [0.25, 0.3) is 5.92 Å². The average molecular weight is 558 g/mol. The molecule has 0 spiro atoms. The summed E-state index contributed by atoms with van der Waals surface area (Å²) >= 11 is 6.00. The van der Waals surface area contributed by atoms with E-state index < -0.39 is 30.3 Å². The minimum Gasteiger partial charge on any atom is -0.314 e. The van der Waals surface area contributed by atoms with Gasteiger partial charge < -0.3 is 4.90 Å². The molecule has 2 heterocycles. The van der Waals surface area contributed by atoms with Gasteiger partial charge in [0.1, 0.15) is 0 Å². The number of carbonyl (C=O) groups excluding carboxylic acids is 2. The second kappa shape index (κ2) is 11.1. The van der Waals surface area contributed by atoms with Crippen LogP contribution in [0.25, 0.3) is 17.0 Å². The standard InChI is InChI=1S/C32H26ClF2N3O2/c33-25-11-8-22(9-12-25)6-7-23-10-13-28-27(18-23)26(16-17-37-28)29(39)14-15-30(40)38-21-32(34,35)19-31(38,20-36)24-4-2-1-3-5-24/h1-8,10-13,16-18,22H,9,14-15,19,21H2/b7-6+/t22?,31-/m0/s1. The zero-order valence-electron chi connectivity index (χ0n) is 21.6. The lowest BCUT2D eigenvalue weighted by molar-refractivity contribution is -0.135. The van der Waals surface area contributed by atoms with E-state index in [0.29, 0.717) is 22.0 Å². The predicted octanol–water partition coefficient (Wildman–Crippen LogP) is 7.20. The van der Waals surface area contributed by atoms with E-state index in [1.165, 1.54) is 6.20 Å². The van der Waals surface area contributed by atoms with E-state index in [-0.39, 0.29) is 24.5 Å². The van der Waals surface area contributed by atoms with Gasteiger partial charge >= 0.3 is 0 Å². The molecule has 1 unspecified atom stereocenters. The Labute approximate surface area is 236 Å². The number of Topliss-reactive ketones (excluding diaryl/α,β-unsaturated/α-hetero) is 1. The number of aromatic nitrogens is 1. The van der Waals surface area contributed by atoms with Crippen LogP contribution in [-0.2, 0) is 10.3 Å². The van der Waals surface area contributed by atoms with E-state index >= 15 is 0 Å². The molecule has 5 nitrogen and oxygen atoms in total. The van der Waals surface area contributed by atoms with Crippen molar-refractivity contribution in [3.63, 3.8) is 0 Å². The lowest BCUT2D eigenvalue weighted by Gasteiger charge is -2.32. The van der Waals surface area contributed by atoms with Gasteiger partial charge in [-0.1, -0.05) is 72.3 Å². The summed E-state index contributed by atoms with van der Waals surface area (Å²) in [6.45, 7) is -0.867. The van der Waals surface area contributed by atoms with Crippen LogP contribution in [0, 0.1) is 17.2 Å². The Kier molecular flexibility index (Phi) is 7.64. The van der Waals surface area contributed by atoms with Crippen molar-refractivity contribution in [2.24, 2.45) is 5.92 Å². The highest BCUT2D eigenvalue weighted by molar-refractivity contribution is 6.31. The van der Waals surface area contributed by atoms with Crippen molar-refractivity contribution < 1.29 is 18.4 Å². The molecule has 8 heteroatoms. The Balaban J connectivity index is 1.34. The summed E-state index contributed by atoms with van der Waals surface area (Å²) in [7, 11) is 0. The minimum atomic E-state index is -3.22. The number of rotatable bonds is 7. The first-order chi connectivity index (χ1) is 19.2. The van der Waals surface area contributed by atoms with E-state index in [1.54, 1.807) is 36.4 Å². The number of likely N-dealkylation sites (tertiary alicyclic amines) is 1. The molecule has 202 valence electrons. The molecule has 2 aromatic carbocycles. The van der Waals surface area contributed by atoms with Gasteiger partial charge in [-0.25, -0.2) is 8.78 Å². The number of hydrogen-bond donors (Lipinski definition) is 0. The smallest absolute Gasteiger partial charge is 0.269 e. The van der Waals surface area contributed by atoms with E-state index in [4.69, 9.17) is 11.6 Å². The highest BCUT2D eigenvalue weighted by Gasteiger charge is 2.57. The number of benzene rings is 2. The molecule has 1 aromatic heterocycles. The first kappa shape index (κ1) is 27.4. The molecule has 0 bridgehead atoms. The monoisotopic (exact) mass is 557 g/mol. The van der Waals surface area contributed by atoms with Crippen molar-refractivity contribution in [2.75, 3.05) is 6.54 Å². The second-order valence-electron chi connectivity index (χ2n) is 10.1. The molecule has 2 atom stereocenters. The number of alkyl halides is 2. The average Bonchev–Trinajstić information content (AvgIpc) is 3.27. The zero-order valence-corrected chi connectivity index (χ0v) is 22.3. The van der Waals surface area contributed by atoms with E-state index in [2.05, 4.69) is 11.1 Å². The maximum atomic E-state index is 14.6. The predicted molar refractivity (Wildman–Crippen MR) is 151 cm³/mol. The van der Waals surface area contributed by atoms with Crippen LogP contribution in [0.15, 0.2) is 90.1 Å². The molecule has 1 aliphatic heterocycles. The molecule has 2 aliphatic rings. The van der Waals surface area contributed by atoms with E-state index in [1.807, 2.05) is 48.6 Å². The maximum Gasteiger partial charge on any atom is 0.269 e. The Morgan fingerprint density at radius 3 is 2.67 bits per heavy atom. The van der Waals surface area contributed by atoms with Gasteiger partial charge in [0.2, 0.25) is 5.91 Å². The van der Waals surface area contributed by atoms with Crippen molar-refractivity contribution in [3.05, 3.63) is 107 Å². The summed E-state index contributed by atoms with van der Waals surface area (Å²) in [6.07, 6.45) is 11.0. The fourth-order valence-electron chi connectivity index (χ4n) is 5.32. The number of amides is 1. The van der Waals surface area contributed by atoms with Gasteiger partial charge in [0.15, 0.2) is 11.3 Å². The number of nitrogens with zero attached hydrogens (tertiary/aromatic N) is 3.